The standard InChI is InChI=1S/C19H22N2O2S/c1-12(2)9-10-21-13(3)20-18-17(19(21)22)16(11-24-18)14-5-7-15(23-4)8-6-14/h5-8,11-12H,9-10H2,1-4H3. The number of rotatable bonds is 5. The Kier molecular flexibility index (Phi) is 4.71. The van der Waals surface area contributed by atoms with Crippen molar-refractivity contribution in [3.63, 3.8) is 0 Å². The summed E-state index contributed by atoms with van der Waals surface area (Å²) in [6, 6.07) is 7.80. The van der Waals surface area contributed by atoms with Gasteiger partial charge in [-0.25, -0.2) is 4.98 Å². The molecule has 3 aromatic rings. The molecule has 3 rings (SSSR count). The van der Waals surface area contributed by atoms with E-state index in [9.17, 15) is 4.79 Å². The van der Waals surface area contributed by atoms with Crippen molar-refractivity contribution in [2.45, 2.75) is 33.7 Å². The Morgan fingerprint density at radius 2 is 1.96 bits per heavy atom. The molecular formula is C19H22N2O2S. The predicted octanol–water partition coefficient (Wildman–Crippen LogP) is 4.49. The third-order valence-electron chi connectivity index (χ3n) is 4.22. The summed E-state index contributed by atoms with van der Waals surface area (Å²) >= 11 is 1.52. The summed E-state index contributed by atoms with van der Waals surface area (Å²) in [6.07, 6.45) is 0.968. The summed E-state index contributed by atoms with van der Waals surface area (Å²) in [5.74, 6) is 2.15. The van der Waals surface area contributed by atoms with Crippen LogP contribution in [-0.4, -0.2) is 16.7 Å². The third-order valence-corrected chi connectivity index (χ3v) is 5.09. The van der Waals surface area contributed by atoms with Gasteiger partial charge in [0.05, 0.1) is 12.5 Å². The first-order valence-corrected chi connectivity index (χ1v) is 9.02. The van der Waals surface area contributed by atoms with E-state index in [1.165, 1.54) is 11.3 Å². The molecule has 0 aliphatic heterocycles. The zero-order valence-electron chi connectivity index (χ0n) is 14.5. The average molecular weight is 342 g/mol. The van der Waals surface area contributed by atoms with Gasteiger partial charge in [-0.2, -0.15) is 0 Å². The van der Waals surface area contributed by atoms with E-state index in [-0.39, 0.29) is 5.56 Å². The van der Waals surface area contributed by atoms with Crippen molar-refractivity contribution in [2.24, 2.45) is 5.92 Å². The molecule has 0 spiro atoms. The van der Waals surface area contributed by atoms with Gasteiger partial charge in [0.15, 0.2) is 0 Å². The highest BCUT2D eigenvalue weighted by atomic mass is 32.1. The number of benzene rings is 1. The van der Waals surface area contributed by atoms with Crippen LogP contribution in [0.4, 0.5) is 0 Å². The highest BCUT2D eigenvalue weighted by Gasteiger charge is 2.15. The van der Waals surface area contributed by atoms with E-state index in [2.05, 4.69) is 18.8 Å². The van der Waals surface area contributed by atoms with E-state index in [1.807, 2.05) is 41.1 Å². The average Bonchev–Trinajstić information content (AvgIpc) is 2.98. The van der Waals surface area contributed by atoms with Crippen LogP contribution in [0.3, 0.4) is 0 Å². The molecule has 0 aliphatic carbocycles. The zero-order chi connectivity index (χ0) is 17.3. The molecule has 0 radical (unpaired) electrons. The minimum atomic E-state index is 0.0604. The fourth-order valence-corrected chi connectivity index (χ4v) is 3.74. The molecule has 0 bridgehead atoms. The van der Waals surface area contributed by atoms with Gasteiger partial charge < -0.3 is 4.74 Å². The first kappa shape index (κ1) is 16.7. The number of aromatic nitrogens is 2. The Balaban J connectivity index is 2.12. The molecule has 4 nitrogen and oxygen atoms in total. The third kappa shape index (κ3) is 3.08. The molecule has 0 aliphatic rings. The molecule has 126 valence electrons. The minimum absolute atomic E-state index is 0.0604. The number of hydrogen-bond acceptors (Lipinski definition) is 4. The van der Waals surface area contributed by atoms with E-state index in [1.54, 1.807) is 7.11 Å². The summed E-state index contributed by atoms with van der Waals surface area (Å²) in [4.78, 5) is 18.5. The van der Waals surface area contributed by atoms with Crippen LogP contribution >= 0.6 is 11.3 Å². The number of fused-ring (bicyclic) bond motifs is 1. The highest BCUT2D eigenvalue weighted by Crippen LogP contribution is 2.32. The van der Waals surface area contributed by atoms with Gasteiger partial charge in [0.1, 0.15) is 16.4 Å². The molecule has 0 N–H and O–H groups in total. The maximum absolute atomic E-state index is 13.0. The van der Waals surface area contributed by atoms with Crippen LogP contribution in [0, 0.1) is 12.8 Å². The first-order valence-electron chi connectivity index (χ1n) is 8.14. The van der Waals surface area contributed by atoms with E-state index in [4.69, 9.17) is 4.74 Å². The predicted molar refractivity (Wildman–Crippen MR) is 100 cm³/mol. The summed E-state index contributed by atoms with van der Waals surface area (Å²) < 4.78 is 7.02. The van der Waals surface area contributed by atoms with Gasteiger partial charge in [0.2, 0.25) is 0 Å². The number of aryl methyl sites for hydroxylation is 1. The SMILES string of the molecule is COc1ccc(-c2csc3nc(C)n(CCC(C)C)c(=O)c23)cc1. The Hall–Kier alpha value is -2.14. The molecule has 0 saturated heterocycles. The monoisotopic (exact) mass is 342 g/mol. The normalized spacial score (nSPS) is 11.4. The van der Waals surface area contributed by atoms with Crippen molar-refractivity contribution in [1.82, 2.24) is 9.55 Å². The van der Waals surface area contributed by atoms with E-state index >= 15 is 0 Å². The molecule has 0 amide bonds. The number of methoxy groups -OCH3 is 1. The summed E-state index contributed by atoms with van der Waals surface area (Å²) in [5.41, 5.74) is 2.03. The second kappa shape index (κ2) is 6.77. The Morgan fingerprint density at radius 3 is 2.58 bits per heavy atom. The van der Waals surface area contributed by atoms with Crippen molar-refractivity contribution in [3.8, 4) is 16.9 Å². The van der Waals surface area contributed by atoms with Gasteiger partial charge in [-0.1, -0.05) is 26.0 Å². The second-order valence-corrected chi connectivity index (χ2v) is 7.21. The van der Waals surface area contributed by atoms with Gasteiger partial charge in [-0.05, 0) is 37.0 Å². The number of nitrogens with zero attached hydrogens (tertiary/aromatic N) is 2. The van der Waals surface area contributed by atoms with Crippen LogP contribution in [0.15, 0.2) is 34.4 Å². The van der Waals surface area contributed by atoms with E-state index < -0.39 is 0 Å². The van der Waals surface area contributed by atoms with Gasteiger partial charge >= 0.3 is 0 Å². The zero-order valence-corrected chi connectivity index (χ0v) is 15.3. The molecule has 0 fully saturated rings. The summed E-state index contributed by atoms with van der Waals surface area (Å²) in [7, 11) is 1.65. The number of hydrogen-bond donors (Lipinski definition) is 0. The quantitative estimate of drug-likeness (QED) is 0.686. The van der Waals surface area contributed by atoms with Crippen LogP contribution < -0.4 is 10.3 Å². The number of thiophene rings is 1. The lowest BCUT2D eigenvalue weighted by Crippen LogP contribution is -2.24. The molecular weight excluding hydrogens is 320 g/mol. The van der Waals surface area contributed by atoms with Gasteiger partial charge in [-0.3, -0.25) is 9.36 Å². The van der Waals surface area contributed by atoms with Gasteiger partial charge in [0, 0.05) is 17.5 Å². The smallest absolute Gasteiger partial charge is 0.262 e. The molecule has 0 unspecified atom stereocenters. The molecule has 24 heavy (non-hydrogen) atoms. The molecule has 5 heteroatoms. The van der Waals surface area contributed by atoms with Crippen LogP contribution in [-0.2, 0) is 6.54 Å². The molecule has 0 saturated carbocycles. The summed E-state index contributed by atoms with van der Waals surface area (Å²) in [6.45, 7) is 6.95. The van der Waals surface area contributed by atoms with Crippen LogP contribution in [0.2, 0.25) is 0 Å². The van der Waals surface area contributed by atoms with Crippen LogP contribution in [0.1, 0.15) is 26.1 Å². The van der Waals surface area contributed by atoms with Crippen LogP contribution in [0.25, 0.3) is 21.3 Å². The Labute approximate surface area is 145 Å². The first-order chi connectivity index (χ1) is 11.5. The fourth-order valence-electron chi connectivity index (χ4n) is 2.76. The maximum Gasteiger partial charge on any atom is 0.262 e. The Bertz CT molecular complexity index is 908. The topological polar surface area (TPSA) is 44.1 Å². The molecule has 2 heterocycles. The summed E-state index contributed by atoms with van der Waals surface area (Å²) in [5, 5.41) is 2.74. The molecule has 2 aromatic heterocycles. The van der Waals surface area contributed by atoms with Gasteiger partial charge in [0.25, 0.3) is 5.56 Å². The highest BCUT2D eigenvalue weighted by molar-refractivity contribution is 7.17. The van der Waals surface area contributed by atoms with Crippen LogP contribution in [0.5, 0.6) is 5.75 Å². The number of ether oxygens (including phenoxy) is 1. The Morgan fingerprint density at radius 1 is 1.25 bits per heavy atom. The minimum Gasteiger partial charge on any atom is -0.497 e. The fraction of sp³-hybridized carbons (Fsp3) is 0.368. The lowest BCUT2D eigenvalue weighted by atomic mass is 10.1. The molecule has 0 atom stereocenters. The lowest BCUT2D eigenvalue weighted by Gasteiger charge is -2.11. The van der Waals surface area contributed by atoms with Crippen molar-refractivity contribution < 1.29 is 4.74 Å². The lowest BCUT2D eigenvalue weighted by molar-refractivity contribution is 0.415. The van der Waals surface area contributed by atoms with E-state index in [0.29, 0.717) is 12.5 Å². The van der Waals surface area contributed by atoms with Crippen molar-refractivity contribution in [3.05, 3.63) is 45.8 Å². The van der Waals surface area contributed by atoms with E-state index in [0.717, 1.165) is 39.3 Å². The molecule has 1 aromatic carbocycles. The van der Waals surface area contributed by atoms with Crippen molar-refractivity contribution >= 4 is 21.6 Å². The second-order valence-electron chi connectivity index (χ2n) is 6.36. The van der Waals surface area contributed by atoms with Crippen molar-refractivity contribution in [1.29, 1.82) is 0 Å². The largest absolute Gasteiger partial charge is 0.497 e. The maximum atomic E-state index is 13.0. The van der Waals surface area contributed by atoms with Crippen molar-refractivity contribution in [2.75, 3.05) is 7.11 Å². The van der Waals surface area contributed by atoms with Gasteiger partial charge in [-0.15, -0.1) is 11.3 Å².